The fourth-order valence-corrected chi connectivity index (χ4v) is 0.685. The Hall–Kier alpha value is -0.660. The van der Waals surface area contributed by atoms with Crippen molar-refractivity contribution in [2.75, 3.05) is 0 Å². The summed E-state index contributed by atoms with van der Waals surface area (Å²) in [6, 6.07) is 0. The number of hydrogen-bond donors (Lipinski definition) is 0. The van der Waals surface area contributed by atoms with E-state index in [1.54, 1.807) is 0 Å². The van der Waals surface area contributed by atoms with Gasteiger partial charge in [0.05, 0.1) is 0 Å². The van der Waals surface area contributed by atoms with Crippen molar-refractivity contribution >= 4 is 0 Å². The first kappa shape index (κ1) is 6.46. The number of rotatable bonds is 0. The first-order chi connectivity index (χ1) is 4.13. The third-order valence-corrected chi connectivity index (χ3v) is 1.35. The van der Waals surface area contributed by atoms with Crippen LogP contribution < -0.4 is 0 Å². The van der Waals surface area contributed by atoms with Crippen LogP contribution in [0.2, 0.25) is 0 Å². The maximum absolute atomic E-state index is 12.8. The van der Waals surface area contributed by atoms with Crippen LogP contribution >= 0.6 is 0 Å². The van der Waals surface area contributed by atoms with Crippen LogP contribution in [-0.4, -0.2) is 11.8 Å². The predicted octanol–water partition coefficient (Wildman–Crippen LogP) is 2.18. The highest BCUT2D eigenvalue weighted by atomic mass is 19.2. The van der Waals surface area contributed by atoms with E-state index in [4.69, 9.17) is 0 Å². The van der Waals surface area contributed by atoms with Crippen molar-refractivity contribution in [3.63, 3.8) is 0 Å². The number of halogens is 2. The van der Waals surface area contributed by atoms with E-state index < -0.39 is 11.8 Å². The van der Waals surface area contributed by atoms with Gasteiger partial charge in [-0.15, -0.1) is 0 Å². The first-order valence-corrected chi connectivity index (χ1v) is 2.82. The molecular weight excluding hydrogens is 122 g/mol. The monoisotopic (exact) mass is 130 g/mol. The summed E-state index contributed by atoms with van der Waals surface area (Å²) < 4.78 is 25.2. The molecule has 0 saturated heterocycles. The molecule has 0 radical (unpaired) electrons. The third kappa shape index (κ3) is 1.18. The smallest absolute Gasteiger partial charge is 0.161 e. The van der Waals surface area contributed by atoms with Crippen molar-refractivity contribution in [1.82, 2.24) is 0 Å². The summed E-state index contributed by atoms with van der Waals surface area (Å²) in [7, 11) is 0. The van der Waals surface area contributed by atoms with Crippen LogP contribution in [0.3, 0.4) is 0 Å². The molecule has 0 saturated carbocycles. The van der Waals surface area contributed by atoms with E-state index in [0.29, 0.717) is 0 Å². The van der Waals surface area contributed by atoms with Crippen LogP contribution in [0.5, 0.6) is 0 Å². The van der Waals surface area contributed by atoms with Gasteiger partial charge in [-0.25, -0.2) is 8.78 Å². The largest absolute Gasteiger partial charge is 0.239 e. The van der Waals surface area contributed by atoms with Crippen molar-refractivity contribution in [2.45, 2.75) is 18.8 Å². The summed E-state index contributed by atoms with van der Waals surface area (Å²) in [4.78, 5) is 0. The van der Waals surface area contributed by atoms with Gasteiger partial charge in [-0.2, -0.15) is 0 Å². The summed E-state index contributed by atoms with van der Waals surface area (Å²) in [5.41, 5.74) is -1.80. The molecule has 1 rings (SSSR count). The molecule has 0 fully saturated rings. The molecule has 50 valence electrons. The molecule has 0 N–H and O–H groups in total. The van der Waals surface area contributed by atoms with Crippen molar-refractivity contribution in [3.05, 3.63) is 24.3 Å². The Labute approximate surface area is 52.9 Å². The SMILES string of the molecule is CC1(F)C=CC=CC1F. The molecule has 1 aliphatic carbocycles. The molecule has 0 aromatic heterocycles. The average molecular weight is 130 g/mol. The van der Waals surface area contributed by atoms with Gasteiger partial charge in [0.2, 0.25) is 0 Å². The lowest BCUT2D eigenvalue weighted by Gasteiger charge is -2.19. The molecular formula is C7H8F2. The van der Waals surface area contributed by atoms with Crippen LogP contribution in [0.15, 0.2) is 24.3 Å². The molecule has 0 bridgehead atoms. The highest BCUT2D eigenvalue weighted by molar-refractivity contribution is 5.21. The Morgan fingerprint density at radius 1 is 1.44 bits per heavy atom. The van der Waals surface area contributed by atoms with Crippen LogP contribution in [0.25, 0.3) is 0 Å². The van der Waals surface area contributed by atoms with Crippen molar-refractivity contribution in [1.29, 1.82) is 0 Å². The van der Waals surface area contributed by atoms with E-state index in [1.807, 2.05) is 0 Å². The Balaban J connectivity index is 2.78. The molecule has 0 amide bonds. The Morgan fingerprint density at radius 2 is 2.11 bits per heavy atom. The molecule has 2 heteroatoms. The van der Waals surface area contributed by atoms with Gasteiger partial charge in [-0.05, 0) is 19.1 Å². The van der Waals surface area contributed by atoms with Crippen molar-refractivity contribution in [3.8, 4) is 0 Å². The molecule has 0 nitrogen and oxygen atoms in total. The van der Waals surface area contributed by atoms with Crippen molar-refractivity contribution in [2.24, 2.45) is 0 Å². The molecule has 0 aliphatic heterocycles. The van der Waals surface area contributed by atoms with Gasteiger partial charge in [-0.3, -0.25) is 0 Å². The van der Waals surface area contributed by atoms with Gasteiger partial charge in [-0.1, -0.05) is 12.2 Å². The van der Waals surface area contributed by atoms with E-state index in [1.165, 1.54) is 31.2 Å². The quantitative estimate of drug-likeness (QED) is 0.471. The normalized spacial score (nSPS) is 41.4. The standard InChI is InChI=1S/C7H8F2/c1-7(9)5-3-2-4-6(7)8/h2-6H,1H3. The molecule has 0 spiro atoms. The summed E-state index contributed by atoms with van der Waals surface area (Å²) >= 11 is 0. The van der Waals surface area contributed by atoms with E-state index in [9.17, 15) is 8.78 Å². The van der Waals surface area contributed by atoms with Gasteiger partial charge in [0.25, 0.3) is 0 Å². The van der Waals surface area contributed by atoms with Crippen LogP contribution in [0, 0.1) is 0 Å². The molecule has 0 aromatic rings. The fraction of sp³-hybridized carbons (Fsp3) is 0.429. The van der Waals surface area contributed by atoms with Gasteiger partial charge in [0.15, 0.2) is 11.8 Å². The van der Waals surface area contributed by atoms with Crippen molar-refractivity contribution < 1.29 is 8.78 Å². The van der Waals surface area contributed by atoms with E-state index in [-0.39, 0.29) is 0 Å². The van der Waals surface area contributed by atoms with Crippen LogP contribution in [-0.2, 0) is 0 Å². The number of allylic oxidation sites excluding steroid dienone is 4. The molecule has 0 aromatic carbocycles. The lowest BCUT2D eigenvalue weighted by atomic mass is 9.98. The molecule has 9 heavy (non-hydrogen) atoms. The minimum absolute atomic E-state index is 1.21. The van der Waals surface area contributed by atoms with Crippen LogP contribution in [0.1, 0.15) is 6.92 Å². The maximum Gasteiger partial charge on any atom is 0.161 e. The summed E-state index contributed by atoms with van der Waals surface area (Å²) in [6.45, 7) is 1.22. The Kier molecular flexibility index (Phi) is 1.39. The third-order valence-electron chi connectivity index (χ3n) is 1.35. The zero-order valence-electron chi connectivity index (χ0n) is 5.14. The van der Waals surface area contributed by atoms with Gasteiger partial charge in [0.1, 0.15) is 0 Å². The van der Waals surface area contributed by atoms with E-state index in [2.05, 4.69) is 0 Å². The molecule has 1 aliphatic rings. The first-order valence-electron chi connectivity index (χ1n) is 2.82. The Bertz CT molecular complexity index is 156. The predicted molar refractivity (Wildman–Crippen MR) is 32.7 cm³/mol. The minimum atomic E-state index is -1.80. The minimum Gasteiger partial charge on any atom is -0.239 e. The summed E-state index contributed by atoms with van der Waals surface area (Å²) in [5.74, 6) is 0. The number of alkyl halides is 2. The second-order valence-corrected chi connectivity index (χ2v) is 2.30. The second-order valence-electron chi connectivity index (χ2n) is 2.30. The fourth-order valence-electron chi connectivity index (χ4n) is 0.685. The highest BCUT2D eigenvalue weighted by Gasteiger charge is 2.30. The average Bonchev–Trinajstić information content (AvgIpc) is 1.77. The molecule has 0 heterocycles. The summed E-state index contributed by atoms with van der Waals surface area (Å²) in [5, 5.41) is 0. The van der Waals surface area contributed by atoms with E-state index >= 15 is 0 Å². The lowest BCUT2D eigenvalue weighted by Crippen LogP contribution is -2.28. The van der Waals surface area contributed by atoms with Gasteiger partial charge >= 0.3 is 0 Å². The zero-order chi connectivity index (χ0) is 6.91. The summed E-state index contributed by atoms with van der Waals surface area (Å²) in [6.07, 6.45) is 3.96. The zero-order valence-corrected chi connectivity index (χ0v) is 5.14. The van der Waals surface area contributed by atoms with Crippen LogP contribution in [0.4, 0.5) is 8.78 Å². The second kappa shape index (κ2) is 1.94. The lowest BCUT2D eigenvalue weighted by molar-refractivity contribution is 0.144. The highest BCUT2D eigenvalue weighted by Crippen LogP contribution is 2.24. The molecule has 2 atom stereocenters. The van der Waals surface area contributed by atoms with Gasteiger partial charge in [0, 0.05) is 0 Å². The van der Waals surface area contributed by atoms with Gasteiger partial charge < -0.3 is 0 Å². The Morgan fingerprint density at radius 3 is 2.44 bits per heavy atom. The topological polar surface area (TPSA) is 0 Å². The van der Waals surface area contributed by atoms with E-state index in [0.717, 1.165) is 0 Å². The molecule has 2 unspecified atom stereocenters. The maximum atomic E-state index is 12.8. The number of hydrogen-bond acceptors (Lipinski definition) is 0.